The van der Waals surface area contributed by atoms with Gasteiger partial charge < -0.3 is 20.5 Å². The fourth-order valence-corrected chi connectivity index (χ4v) is 4.05. The minimum atomic E-state index is -1.55. The molecule has 1 aliphatic heterocycles. The number of carbonyl (C=O) groups is 1. The third kappa shape index (κ3) is 4.54. The van der Waals surface area contributed by atoms with Crippen molar-refractivity contribution in [3.8, 4) is 0 Å². The molecule has 1 amide bonds. The number of nitrogens with zero attached hydrogens (tertiary/aromatic N) is 3. The summed E-state index contributed by atoms with van der Waals surface area (Å²) in [6, 6.07) is 8.95. The maximum atomic E-state index is 12.4. The van der Waals surface area contributed by atoms with E-state index in [4.69, 9.17) is 5.14 Å². The minimum absolute atomic E-state index is 0.0462. The van der Waals surface area contributed by atoms with Gasteiger partial charge in [0, 0.05) is 31.0 Å². The molecule has 1 aliphatic rings. The van der Waals surface area contributed by atoms with Gasteiger partial charge in [-0.1, -0.05) is 6.07 Å². The molecular formula is C19H23N7O2S. The summed E-state index contributed by atoms with van der Waals surface area (Å²) in [5, 5.41) is 12.5. The summed E-state index contributed by atoms with van der Waals surface area (Å²) in [5.41, 5.74) is 1.52. The molecule has 1 aromatic carbocycles. The Labute approximate surface area is 170 Å². The van der Waals surface area contributed by atoms with Crippen LogP contribution in [-0.2, 0) is 15.8 Å². The number of anilines is 2. The summed E-state index contributed by atoms with van der Waals surface area (Å²) >= 11 is 0. The summed E-state index contributed by atoms with van der Waals surface area (Å²) in [4.78, 5) is 26.9. The van der Waals surface area contributed by atoms with Gasteiger partial charge in [0.1, 0.15) is 28.8 Å². The standard InChI is InChI=1S/C19H23N7O2S/c20-29(28)15-5-1-3-13(9-15)22-10-17(27)25-14-4-2-8-26(11-14)19-16-6-7-21-18(16)23-12-24-19/h1,3,5-7,9,12,14,22H,2,4,8,10-11,20H2,(H,25,27)(H,21,23,24). The van der Waals surface area contributed by atoms with E-state index in [9.17, 15) is 9.00 Å². The van der Waals surface area contributed by atoms with Crippen molar-refractivity contribution in [2.45, 2.75) is 23.8 Å². The Morgan fingerprint density at radius 1 is 1.34 bits per heavy atom. The molecule has 2 unspecified atom stereocenters. The number of piperidine rings is 1. The van der Waals surface area contributed by atoms with Crippen molar-refractivity contribution in [1.82, 2.24) is 20.3 Å². The number of hydrogen-bond donors (Lipinski definition) is 4. The van der Waals surface area contributed by atoms with Gasteiger partial charge in [-0.15, -0.1) is 0 Å². The van der Waals surface area contributed by atoms with Crippen LogP contribution >= 0.6 is 0 Å². The van der Waals surface area contributed by atoms with E-state index in [0.29, 0.717) is 17.1 Å². The zero-order valence-corrected chi connectivity index (χ0v) is 16.6. The van der Waals surface area contributed by atoms with E-state index in [-0.39, 0.29) is 18.5 Å². The van der Waals surface area contributed by atoms with E-state index < -0.39 is 11.0 Å². The van der Waals surface area contributed by atoms with Crippen molar-refractivity contribution in [3.05, 3.63) is 42.9 Å². The fourth-order valence-electron chi connectivity index (χ4n) is 3.59. The number of aromatic amines is 1. The van der Waals surface area contributed by atoms with Crippen LogP contribution in [0.25, 0.3) is 11.0 Å². The molecule has 2 atom stereocenters. The molecule has 9 nitrogen and oxygen atoms in total. The third-order valence-corrected chi connectivity index (χ3v) is 5.66. The average molecular weight is 414 g/mol. The zero-order valence-electron chi connectivity index (χ0n) is 15.8. The monoisotopic (exact) mass is 413 g/mol. The largest absolute Gasteiger partial charge is 0.376 e. The van der Waals surface area contributed by atoms with Crippen LogP contribution in [-0.4, -0.2) is 50.7 Å². The molecule has 3 aromatic rings. The topological polar surface area (TPSA) is 129 Å². The predicted molar refractivity (Wildman–Crippen MR) is 113 cm³/mol. The summed E-state index contributed by atoms with van der Waals surface area (Å²) in [6.07, 6.45) is 5.31. The Balaban J connectivity index is 1.34. The van der Waals surface area contributed by atoms with Gasteiger partial charge in [0.25, 0.3) is 0 Å². The normalized spacial score (nSPS) is 17.8. The van der Waals surface area contributed by atoms with E-state index in [2.05, 4.69) is 30.5 Å². The molecule has 0 spiro atoms. The molecule has 1 fully saturated rings. The van der Waals surface area contributed by atoms with Crippen LogP contribution in [0, 0.1) is 0 Å². The van der Waals surface area contributed by atoms with Crippen LogP contribution in [0.5, 0.6) is 0 Å². The second kappa shape index (κ2) is 8.58. The maximum absolute atomic E-state index is 12.4. The molecule has 2 aromatic heterocycles. The molecule has 3 heterocycles. The Morgan fingerprint density at radius 3 is 3.10 bits per heavy atom. The number of hydrogen-bond acceptors (Lipinski definition) is 6. The third-order valence-electron chi connectivity index (χ3n) is 4.94. The molecule has 10 heteroatoms. The lowest BCUT2D eigenvalue weighted by molar-refractivity contribution is -0.120. The van der Waals surface area contributed by atoms with Crippen molar-refractivity contribution in [3.63, 3.8) is 0 Å². The lowest BCUT2D eigenvalue weighted by atomic mass is 10.1. The second-order valence-corrected chi connectivity index (χ2v) is 8.03. The minimum Gasteiger partial charge on any atom is -0.376 e. The first-order chi connectivity index (χ1) is 14.1. The predicted octanol–water partition coefficient (Wildman–Crippen LogP) is 1.14. The molecule has 5 N–H and O–H groups in total. The number of aromatic nitrogens is 3. The van der Waals surface area contributed by atoms with Crippen LogP contribution in [0.1, 0.15) is 12.8 Å². The smallest absolute Gasteiger partial charge is 0.239 e. The van der Waals surface area contributed by atoms with Crippen molar-refractivity contribution in [2.75, 3.05) is 29.9 Å². The number of nitrogens with two attached hydrogens (primary N) is 1. The van der Waals surface area contributed by atoms with Gasteiger partial charge in [-0.05, 0) is 37.1 Å². The molecule has 29 heavy (non-hydrogen) atoms. The SMILES string of the molecule is NS(=O)c1cccc(NCC(=O)NC2CCCN(c3ncnc4[nH]ccc34)C2)c1. The Morgan fingerprint density at radius 2 is 2.24 bits per heavy atom. The summed E-state index contributed by atoms with van der Waals surface area (Å²) in [5.74, 6) is 0.797. The first-order valence-electron chi connectivity index (χ1n) is 9.42. The number of carbonyl (C=O) groups excluding carboxylic acids is 1. The number of amides is 1. The van der Waals surface area contributed by atoms with Gasteiger partial charge >= 0.3 is 0 Å². The van der Waals surface area contributed by atoms with E-state index in [0.717, 1.165) is 36.2 Å². The number of rotatable bonds is 6. The maximum Gasteiger partial charge on any atom is 0.239 e. The number of fused-ring (bicyclic) bond motifs is 1. The molecule has 0 bridgehead atoms. The van der Waals surface area contributed by atoms with Crippen LogP contribution in [0.15, 0.2) is 47.8 Å². The van der Waals surface area contributed by atoms with Crippen molar-refractivity contribution in [2.24, 2.45) is 5.14 Å². The first kappa shape index (κ1) is 19.3. The second-order valence-electron chi connectivity index (χ2n) is 6.97. The summed E-state index contributed by atoms with van der Waals surface area (Å²) < 4.78 is 11.4. The highest BCUT2D eigenvalue weighted by Gasteiger charge is 2.23. The van der Waals surface area contributed by atoms with Crippen LogP contribution in [0.3, 0.4) is 0 Å². The lowest BCUT2D eigenvalue weighted by Gasteiger charge is -2.34. The van der Waals surface area contributed by atoms with Gasteiger partial charge in [0.2, 0.25) is 5.91 Å². The summed E-state index contributed by atoms with van der Waals surface area (Å²) in [6.45, 7) is 1.72. The molecular weight excluding hydrogens is 390 g/mol. The quantitative estimate of drug-likeness (QED) is 0.480. The highest BCUT2D eigenvalue weighted by Crippen LogP contribution is 2.25. The van der Waals surface area contributed by atoms with Crippen molar-refractivity contribution in [1.29, 1.82) is 0 Å². The van der Waals surface area contributed by atoms with Crippen LogP contribution in [0.2, 0.25) is 0 Å². The van der Waals surface area contributed by atoms with Gasteiger partial charge in [0.05, 0.1) is 16.8 Å². The van der Waals surface area contributed by atoms with E-state index >= 15 is 0 Å². The van der Waals surface area contributed by atoms with Gasteiger partial charge in [0.15, 0.2) is 0 Å². The molecule has 0 aliphatic carbocycles. The van der Waals surface area contributed by atoms with E-state index in [1.165, 1.54) is 0 Å². The van der Waals surface area contributed by atoms with E-state index in [1.807, 2.05) is 18.3 Å². The lowest BCUT2D eigenvalue weighted by Crippen LogP contribution is -2.49. The molecule has 0 saturated carbocycles. The van der Waals surface area contributed by atoms with E-state index in [1.54, 1.807) is 24.5 Å². The Bertz CT molecular complexity index is 1040. The van der Waals surface area contributed by atoms with Crippen LogP contribution < -0.4 is 20.7 Å². The molecule has 152 valence electrons. The van der Waals surface area contributed by atoms with Gasteiger partial charge in [-0.25, -0.2) is 19.3 Å². The fraction of sp³-hybridized carbons (Fsp3) is 0.316. The number of benzene rings is 1. The molecule has 4 rings (SSSR count). The average Bonchev–Trinajstić information content (AvgIpc) is 3.21. The highest BCUT2D eigenvalue weighted by atomic mass is 32.2. The van der Waals surface area contributed by atoms with Gasteiger partial charge in [-0.3, -0.25) is 4.79 Å². The highest BCUT2D eigenvalue weighted by molar-refractivity contribution is 7.82. The molecule has 0 radical (unpaired) electrons. The Kier molecular flexibility index (Phi) is 5.72. The van der Waals surface area contributed by atoms with Crippen LogP contribution in [0.4, 0.5) is 11.5 Å². The first-order valence-corrected chi connectivity index (χ1v) is 10.6. The van der Waals surface area contributed by atoms with Crippen molar-refractivity contribution < 1.29 is 9.00 Å². The number of nitrogens with one attached hydrogen (secondary N) is 3. The molecule has 1 saturated heterocycles. The number of H-pyrrole nitrogens is 1. The summed E-state index contributed by atoms with van der Waals surface area (Å²) in [7, 11) is -1.55. The van der Waals surface area contributed by atoms with Crippen molar-refractivity contribution >= 4 is 39.4 Å². The van der Waals surface area contributed by atoms with Gasteiger partial charge in [-0.2, -0.15) is 0 Å². The zero-order chi connectivity index (χ0) is 20.2. The Hall–Kier alpha value is -2.98.